The molecule has 2 N–H and O–H groups in total. The Hall–Kier alpha value is -1.25. The first-order chi connectivity index (χ1) is 8.33. The molecule has 1 aliphatic heterocycles. The highest BCUT2D eigenvalue weighted by Crippen LogP contribution is 2.37. The highest BCUT2D eigenvalue weighted by molar-refractivity contribution is 5.53. The number of fused-ring (bicyclic) bond motifs is 1. The van der Waals surface area contributed by atoms with E-state index in [2.05, 4.69) is 16.0 Å². The molecular formula is C14H21N3. The molecule has 3 heteroatoms. The van der Waals surface area contributed by atoms with Crippen LogP contribution in [0.4, 0.5) is 11.4 Å². The van der Waals surface area contributed by atoms with E-state index >= 15 is 0 Å². The fourth-order valence-corrected chi connectivity index (χ4v) is 3.45. The van der Waals surface area contributed by atoms with Crippen LogP contribution < -0.4 is 10.6 Å². The molecule has 0 aromatic carbocycles. The van der Waals surface area contributed by atoms with Crippen molar-refractivity contribution in [3.8, 4) is 0 Å². The lowest BCUT2D eigenvalue weighted by Crippen LogP contribution is -2.41. The van der Waals surface area contributed by atoms with Crippen LogP contribution in [-0.2, 0) is 0 Å². The van der Waals surface area contributed by atoms with Crippen LogP contribution in [0.2, 0.25) is 0 Å². The second-order valence-corrected chi connectivity index (χ2v) is 5.52. The Morgan fingerprint density at radius 1 is 1.12 bits per heavy atom. The van der Waals surface area contributed by atoms with E-state index in [9.17, 15) is 0 Å². The predicted molar refractivity (Wildman–Crippen MR) is 70.9 cm³/mol. The Balaban J connectivity index is 1.73. The number of anilines is 2. The van der Waals surface area contributed by atoms with Crippen molar-refractivity contribution >= 4 is 11.4 Å². The first-order valence-corrected chi connectivity index (χ1v) is 6.78. The summed E-state index contributed by atoms with van der Waals surface area (Å²) in [5, 5.41) is 0. The summed E-state index contributed by atoms with van der Waals surface area (Å²) >= 11 is 0. The van der Waals surface area contributed by atoms with Gasteiger partial charge >= 0.3 is 0 Å². The lowest BCUT2D eigenvalue weighted by molar-refractivity contribution is 0.202. The van der Waals surface area contributed by atoms with E-state index in [0.29, 0.717) is 0 Å². The van der Waals surface area contributed by atoms with Gasteiger partial charge in [-0.2, -0.15) is 0 Å². The van der Waals surface area contributed by atoms with Gasteiger partial charge < -0.3 is 10.6 Å². The summed E-state index contributed by atoms with van der Waals surface area (Å²) in [5.74, 6) is 1.88. The number of hydrogen-bond acceptors (Lipinski definition) is 3. The SMILES string of the molecule is Nc1cncc(N2CCC3CCCCC3C2)c1. The molecule has 1 saturated carbocycles. The fourth-order valence-electron chi connectivity index (χ4n) is 3.45. The third kappa shape index (κ3) is 2.24. The molecule has 1 saturated heterocycles. The van der Waals surface area contributed by atoms with Gasteiger partial charge in [0.05, 0.1) is 17.6 Å². The molecule has 3 nitrogen and oxygen atoms in total. The Morgan fingerprint density at radius 2 is 1.94 bits per heavy atom. The van der Waals surface area contributed by atoms with Gasteiger partial charge in [-0.1, -0.05) is 19.3 Å². The minimum absolute atomic E-state index is 0.772. The zero-order valence-electron chi connectivity index (χ0n) is 10.3. The first kappa shape index (κ1) is 10.9. The van der Waals surface area contributed by atoms with Crippen molar-refractivity contribution in [1.82, 2.24) is 4.98 Å². The predicted octanol–water partition coefficient (Wildman–Crippen LogP) is 2.68. The van der Waals surface area contributed by atoms with Crippen molar-refractivity contribution in [3.63, 3.8) is 0 Å². The second-order valence-electron chi connectivity index (χ2n) is 5.52. The number of rotatable bonds is 1. The zero-order valence-corrected chi connectivity index (χ0v) is 10.3. The largest absolute Gasteiger partial charge is 0.397 e. The van der Waals surface area contributed by atoms with Crippen LogP contribution >= 0.6 is 0 Å². The van der Waals surface area contributed by atoms with Gasteiger partial charge in [0.2, 0.25) is 0 Å². The van der Waals surface area contributed by atoms with E-state index in [1.165, 1.54) is 50.9 Å². The average molecular weight is 231 g/mol. The quantitative estimate of drug-likeness (QED) is 0.808. The van der Waals surface area contributed by atoms with E-state index < -0.39 is 0 Å². The van der Waals surface area contributed by atoms with Crippen LogP contribution in [0.5, 0.6) is 0 Å². The van der Waals surface area contributed by atoms with Crippen molar-refractivity contribution in [1.29, 1.82) is 0 Å². The Labute approximate surface area is 103 Å². The van der Waals surface area contributed by atoms with Gasteiger partial charge in [-0.3, -0.25) is 4.98 Å². The summed E-state index contributed by atoms with van der Waals surface area (Å²) in [6.45, 7) is 2.38. The summed E-state index contributed by atoms with van der Waals surface area (Å²) in [6, 6.07) is 2.05. The molecular weight excluding hydrogens is 210 g/mol. The third-order valence-electron chi connectivity index (χ3n) is 4.40. The van der Waals surface area contributed by atoms with Crippen molar-refractivity contribution in [2.75, 3.05) is 23.7 Å². The van der Waals surface area contributed by atoms with Crippen LogP contribution in [0, 0.1) is 11.8 Å². The van der Waals surface area contributed by atoms with Crippen LogP contribution in [0.15, 0.2) is 18.5 Å². The summed E-state index contributed by atoms with van der Waals surface area (Å²) < 4.78 is 0. The lowest BCUT2D eigenvalue weighted by atomic mass is 9.75. The van der Waals surface area contributed by atoms with Crippen molar-refractivity contribution in [2.45, 2.75) is 32.1 Å². The van der Waals surface area contributed by atoms with Gasteiger partial charge in [0.15, 0.2) is 0 Å². The normalized spacial score (nSPS) is 28.8. The number of nitrogen functional groups attached to an aromatic ring is 1. The van der Waals surface area contributed by atoms with Crippen LogP contribution in [0.25, 0.3) is 0 Å². The number of nitrogens with zero attached hydrogens (tertiary/aromatic N) is 2. The molecule has 17 heavy (non-hydrogen) atoms. The van der Waals surface area contributed by atoms with Gasteiger partial charge in [-0.25, -0.2) is 0 Å². The van der Waals surface area contributed by atoms with Crippen LogP contribution in [0.1, 0.15) is 32.1 Å². The molecule has 2 heterocycles. The van der Waals surface area contributed by atoms with E-state index in [4.69, 9.17) is 5.73 Å². The smallest absolute Gasteiger partial charge is 0.0573 e. The molecule has 2 aliphatic rings. The monoisotopic (exact) mass is 231 g/mol. The number of nitrogens with two attached hydrogens (primary N) is 1. The molecule has 3 rings (SSSR count). The lowest BCUT2D eigenvalue weighted by Gasteiger charge is -2.42. The highest BCUT2D eigenvalue weighted by Gasteiger charge is 2.31. The minimum atomic E-state index is 0.772. The molecule has 1 aromatic heterocycles. The van der Waals surface area contributed by atoms with Gasteiger partial charge in [0, 0.05) is 19.3 Å². The topological polar surface area (TPSA) is 42.1 Å². The average Bonchev–Trinajstić information content (AvgIpc) is 2.38. The van der Waals surface area contributed by atoms with E-state index in [1.807, 2.05) is 6.20 Å². The van der Waals surface area contributed by atoms with Gasteiger partial charge in [-0.15, -0.1) is 0 Å². The van der Waals surface area contributed by atoms with Crippen molar-refractivity contribution in [3.05, 3.63) is 18.5 Å². The molecule has 0 amide bonds. The summed E-state index contributed by atoms with van der Waals surface area (Å²) in [6.07, 6.45) is 10.7. The first-order valence-electron chi connectivity index (χ1n) is 6.78. The molecule has 0 radical (unpaired) electrons. The number of hydrogen-bond donors (Lipinski definition) is 1. The van der Waals surface area contributed by atoms with Crippen molar-refractivity contribution in [2.24, 2.45) is 11.8 Å². The Morgan fingerprint density at radius 3 is 2.76 bits per heavy atom. The minimum Gasteiger partial charge on any atom is -0.397 e. The fraction of sp³-hybridized carbons (Fsp3) is 0.643. The molecule has 0 bridgehead atoms. The van der Waals surface area contributed by atoms with E-state index in [1.54, 1.807) is 6.20 Å². The Kier molecular flexibility index (Phi) is 2.91. The van der Waals surface area contributed by atoms with Gasteiger partial charge in [0.1, 0.15) is 0 Å². The molecule has 92 valence electrons. The molecule has 1 aromatic rings. The highest BCUT2D eigenvalue weighted by atomic mass is 15.1. The Bertz CT molecular complexity index is 391. The number of piperidine rings is 1. The maximum absolute atomic E-state index is 5.81. The zero-order chi connectivity index (χ0) is 11.7. The molecule has 2 atom stereocenters. The molecule has 1 aliphatic carbocycles. The van der Waals surface area contributed by atoms with E-state index in [-0.39, 0.29) is 0 Å². The molecule has 2 fully saturated rings. The summed E-state index contributed by atoms with van der Waals surface area (Å²) in [5.41, 5.74) is 7.78. The molecule has 2 unspecified atom stereocenters. The maximum Gasteiger partial charge on any atom is 0.0573 e. The van der Waals surface area contributed by atoms with Crippen molar-refractivity contribution < 1.29 is 0 Å². The van der Waals surface area contributed by atoms with Crippen LogP contribution in [0.3, 0.4) is 0 Å². The van der Waals surface area contributed by atoms with Gasteiger partial charge in [-0.05, 0) is 30.7 Å². The van der Waals surface area contributed by atoms with Crippen LogP contribution in [-0.4, -0.2) is 18.1 Å². The second kappa shape index (κ2) is 4.55. The number of pyridine rings is 1. The summed E-state index contributed by atoms with van der Waals surface area (Å²) in [7, 11) is 0. The third-order valence-corrected chi connectivity index (χ3v) is 4.40. The number of aromatic nitrogens is 1. The van der Waals surface area contributed by atoms with Gasteiger partial charge in [0.25, 0.3) is 0 Å². The summed E-state index contributed by atoms with van der Waals surface area (Å²) in [4.78, 5) is 6.66. The standard InChI is InChI=1S/C14H21N3/c15-13-7-14(9-16-8-13)17-6-5-11-3-1-2-4-12(11)10-17/h7-9,11-12H,1-6,10,15H2. The molecule has 0 spiro atoms. The maximum atomic E-state index is 5.81. The van der Waals surface area contributed by atoms with E-state index in [0.717, 1.165) is 17.5 Å².